The van der Waals surface area contributed by atoms with Crippen LogP contribution in [0.1, 0.15) is 35.6 Å². The zero-order valence-electron chi connectivity index (χ0n) is 19.6. The summed E-state index contributed by atoms with van der Waals surface area (Å²) in [7, 11) is 0. The van der Waals surface area contributed by atoms with Crippen LogP contribution in [0.4, 0.5) is 11.5 Å². The van der Waals surface area contributed by atoms with Gasteiger partial charge in [0.05, 0.1) is 11.9 Å². The zero-order valence-corrected chi connectivity index (χ0v) is 21.2. The van der Waals surface area contributed by atoms with Gasteiger partial charge in [-0.1, -0.05) is 28.9 Å². The Morgan fingerprint density at radius 3 is 2.53 bits per heavy atom. The third-order valence-electron chi connectivity index (χ3n) is 5.27. The van der Waals surface area contributed by atoms with Gasteiger partial charge in [-0.15, -0.1) is 16.9 Å². The molecular formula is C23H24ClN9O2S. The van der Waals surface area contributed by atoms with Gasteiger partial charge in [0.25, 0.3) is 5.91 Å². The van der Waals surface area contributed by atoms with Crippen LogP contribution in [-0.2, 0) is 5.75 Å². The monoisotopic (exact) mass is 525 g/mol. The van der Waals surface area contributed by atoms with E-state index in [2.05, 4.69) is 54.5 Å². The average Bonchev–Trinajstić information content (AvgIpc) is 3.51. The molecule has 0 fully saturated rings. The summed E-state index contributed by atoms with van der Waals surface area (Å²) in [6, 6.07) is 15.2. The third kappa shape index (κ3) is 5.83. The van der Waals surface area contributed by atoms with Gasteiger partial charge in [-0.05, 0) is 66.1 Å². The molecule has 4 aromatic rings. The number of amides is 1. The quantitative estimate of drug-likeness (QED) is 0.180. The van der Waals surface area contributed by atoms with Crippen LogP contribution in [0.25, 0.3) is 5.82 Å². The Morgan fingerprint density at radius 2 is 1.89 bits per heavy atom. The van der Waals surface area contributed by atoms with Crippen molar-refractivity contribution in [2.45, 2.75) is 24.5 Å². The number of nitrogens with two attached hydrogens (primary N) is 1. The normalized spacial score (nSPS) is 11.2. The van der Waals surface area contributed by atoms with Crippen LogP contribution in [0.2, 0.25) is 5.02 Å². The Morgan fingerprint density at radius 1 is 1.17 bits per heavy atom. The lowest BCUT2D eigenvalue weighted by molar-refractivity contribution is 0.0949. The van der Waals surface area contributed by atoms with Crippen molar-refractivity contribution >= 4 is 47.0 Å². The number of nitrogens with zero attached hydrogens (tertiary/aromatic N) is 7. The smallest absolute Gasteiger partial charge is 0.293 e. The second kappa shape index (κ2) is 11.7. The molecule has 3 N–H and O–H groups in total. The standard InChI is InChI=1S/C23H24ClN9O2S/c1-3-32(4-2)17-9-5-15(6-10-17)13-26-28-23(34)20-19(14-36-18-11-7-16(24)8-12-18)33(31-27-20)22-21(25)29-35-30-22/h5-13H,3-4,14H2,1-2H3,(H2,25,29)(H,28,34). The largest absolute Gasteiger partial charge is 0.378 e. The highest BCUT2D eigenvalue weighted by atomic mass is 35.5. The van der Waals surface area contributed by atoms with Gasteiger partial charge in [0, 0.05) is 34.4 Å². The Bertz CT molecular complexity index is 1330. The molecule has 1 amide bonds. The second-order valence-electron chi connectivity index (χ2n) is 7.48. The van der Waals surface area contributed by atoms with Crippen LogP contribution in [0, 0.1) is 0 Å². The van der Waals surface area contributed by atoms with E-state index in [-0.39, 0.29) is 17.3 Å². The van der Waals surface area contributed by atoms with Crippen LogP contribution in [0.15, 0.2) is 63.2 Å². The number of thioether (sulfide) groups is 1. The maximum atomic E-state index is 12.9. The molecule has 0 spiro atoms. The fraction of sp³-hybridized carbons (Fsp3) is 0.217. The molecule has 2 aromatic heterocycles. The predicted molar refractivity (Wildman–Crippen MR) is 140 cm³/mol. The Hall–Kier alpha value is -3.90. The summed E-state index contributed by atoms with van der Waals surface area (Å²) in [5.74, 6) is -0.0277. The first-order valence-electron chi connectivity index (χ1n) is 11.1. The van der Waals surface area contributed by atoms with E-state index in [1.165, 1.54) is 16.4 Å². The maximum absolute atomic E-state index is 12.9. The van der Waals surface area contributed by atoms with E-state index < -0.39 is 5.91 Å². The highest BCUT2D eigenvalue weighted by Crippen LogP contribution is 2.27. The molecule has 0 radical (unpaired) electrons. The van der Waals surface area contributed by atoms with Gasteiger partial charge >= 0.3 is 0 Å². The highest BCUT2D eigenvalue weighted by Gasteiger charge is 2.24. The molecule has 0 saturated heterocycles. The Labute approximate surface area is 216 Å². The number of nitrogen functional groups attached to an aromatic ring is 1. The molecule has 4 rings (SSSR count). The number of rotatable bonds is 10. The number of carbonyl (C=O) groups is 1. The minimum absolute atomic E-state index is 0.0239. The molecule has 11 nitrogen and oxygen atoms in total. The van der Waals surface area contributed by atoms with Crippen molar-refractivity contribution in [3.05, 3.63) is 70.5 Å². The van der Waals surface area contributed by atoms with Crippen molar-refractivity contribution in [2.75, 3.05) is 23.7 Å². The van der Waals surface area contributed by atoms with Crippen molar-refractivity contribution in [2.24, 2.45) is 5.10 Å². The molecule has 0 aliphatic carbocycles. The first-order valence-corrected chi connectivity index (χ1v) is 12.5. The Balaban J connectivity index is 1.51. The first-order chi connectivity index (χ1) is 17.5. The van der Waals surface area contributed by atoms with Crippen LogP contribution >= 0.6 is 23.4 Å². The van der Waals surface area contributed by atoms with E-state index in [0.717, 1.165) is 29.2 Å². The van der Waals surface area contributed by atoms with E-state index in [1.807, 2.05) is 36.4 Å². The summed E-state index contributed by atoms with van der Waals surface area (Å²) in [6.45, 7) is 6.07. The van der Waals surface area contributed by atoms with E-state index in [4.69, 9.17) is 17.3 Å². The van der Waals surface area contributed by atoms with Crippen LogP contribution in [-0.4, -0.2) is 50.5 Å². The lowest BCUT2D eigenvalue weighted by Gasteiger charge is -2.20. The van der Waals surface area contributed by atoms with Gasteiger partial charge in [0.15, 0.2) is 5.69 Å². The second-order valence-corrected chi connectivity index (χ2v) is 8.96. The molecule has 36 heavy (non-hydrogen) atoms. The van der Waals surface area contributed by atoms with Gasteiger partial charge < -0.3 is 10.6 Å². The lowest BCUT2D eigenvalue weighted by Crippen LogP contribution is -2.21. The van der Waals surface area contributed by atoms with Crippen LogP contribution in [0.5, 0.6) is 0 Å². The zero-order chi connectivity index (χ0) is 25.5. The summed E-state index contributed by atoms with van der Waals surface area (Å²) in [4.78, 5) is 16.1. The van der Waals surface area contributed by atoms with Gasteiger partial charge in [0.1, 0.15) is 0 Å². The number of anilines is 2. The SMILES string of the molecule is CCN(CC)c1ccc(C=NNC(=O)c2nnn(-c3nonc3N)c2CSc2ccc(Cl)cc2)cc1. The topological polar surface area (TPSA) is 140 Å². The number of hydrogen-bond acceptors (Lipinski definition) is 10. The summed E-state index contributed by atoms with van der Waals surface area (Å²) >= 11 is 7.44. The number of nitrogens with one attached hydrogen (secondary N) is 1. The third-order valence-corrected chi connectivity index (χ3v) is 6.54. The van der Waals surface area contributed by atoms with Crippen LogP contribution in [0.3, 0.4) is 0 Å². The van der Waals surface area contributed by atoms with E-state index in [9.17, 15) is 4.79 Å². The number of halogens is 1. The maximum Gasteiger partial charge on any atom is 0.293 e. The lowest BCUT2D eigenvalue weighted by atomic mass is 10.2. The molecule has 0 unspecified atom stereocenters. The number of hydrogen-bond donors (Lipinski definition) is 2. The molecule has 13 heteroatoms. The van der Waals surface area contributed by atoms with E-state index in [1.54, 1.807) is 18.3 Å². The van der Waals surface area contributed by atoms with Crippen LogP contribution < -0.4 is 16.1 Å². The number of hydrazone groups is 1. The minimum atomic E-state index is -0.529. The van der Waals surface area contributed by atoms with Crippen molar-refractivity contribution in [1.82, 2.24) is 30.7 Å². The highest BCUT2D eigenvalue weighted by molar-refractivity contribution is 7.98. The van der Waals surface area contributed by atoms with Crippen molar-refractivity contribution in [3.8, 4) is 5.82 Å². The molecule has 0 aliphatic rings. The van der Waals surface area contributed by atoms with E-state index in [0.29, 0.717) is 16.5 Å². The fourth-order valence-electron chi connectivity index (χ4n) is 3.38. The Kier molecular flexibility index (Phi) is 8.18. The first kappa shape index (κ1) is 25.2. The average molecular weight is 526 g/mol. The minimum Gasteiger partial charge on any atom is -0.378 e. The fourth-order valence-corrected chi connectivity index (χ4v) is 4.39. The molecule has 0 bridgehead atoms. The molecule has 0 saturated carbocycles. The van der Waals surface area contributed by atoms with Crippen molar-refractivity contribution < 1.29 is 9.42 Å². The number of aromatic nitrogens is 5. The molecule has 2 heterocycles. The summed E-state index contributed by atoms with van der Waals surface area (Å²) < 4.78 is 6.02. The van der Waals surface area contributed by atoms with Gasteiger partial charge in [0.2, 0.25) is 11.6 Å². The van der Waals surface area contributed by atoms with Gasteiger partial charge in [-0.25, -0.2) is 10.1 Å². The molecule has 0 atom stereocenters. The summed E-state index contributed by atoms with van der Waals surface area (Å²) in [5.41, 5.74) is 10.8. The van der Waals surface area contributed by atoms with Crippen molar-refractivity contribution in [1.29, 1.82) is 0 Å². The predicted octanol–water partition coefficient (Wildman–Crippen LogP) is 3.79. The van der Waals surface area contributed by atoms with Gasteiger partial charge in [-0.3, -0.25) is 4.79 Å². The summed E-state index contributed by atoms with van der Waals surface area (Å²) in [6.07, 6.45) is 1.57. The van der Waals surface area contributed by atoms with Crippen molar-refractivity contribution in [3.63, 3.8) is 0 Å². The molecule has 186 valence electrons. The summed E-state index contributed by atoms with van der Waals surface area (Å²) in [5, 5.41) is 20.2. The molecule has 0 aliphatic heterocycles. The van der Waals surface area contributed by atoms with E-state index >= 15 is 0 Å². The number of benzene rings is 2. The van der Waals surface area contributed by atoms with Gasteiger partial charge in [-0.2, -0.15) is 9.78 Å². The molecular weight excluding hydrogens is 502 g/mol. The molecule has 2 aromatic carbocycles. The number of carbonyl (C=O) groups excluding carboxylic acids is 1.